The summed E-state index contributed by atoms with van der Waals surface area (Å²) in [5.74, 6) is 2.89. The first kappa shape index (κ1) is 11.0. The summed E-state index contributed by atoms with van der Waals surface area (Å²) in [5.41, 5.74) is 0. The second kappa shape index (κ2) is 4.66. The molecule has 0 amide bonds. The molecule has 3 saturated carbocycles. The third kappa shape index (κ3) is 2.28. The Hall–Kier alpha value is -0.0800. The van der Waals surface area contributed by atoms with Crippen molar-refractivity contribution in [1.29, 1.82) is 0 Å². The Labute approximate surface area is 98.8 Å². The summed E-state index contributed by atoms with van der Waals surface area (Å²) in [5, 5.41) is 13.3. The maximum absolute atomic E-state index is 9.47. The SMILES string of the molecule is OC1CCC(CNC2CC3CCC2C3)CC1. The minimum Gasteiger partial charge on any atom is -0.393 e. The molecule has 0 aliphatic heterocycles. The van der Waals surface area contributed by atoms with E-state index in [1.165, 1.54) is 45.1 Å². The maximum Gasteiger partial charge on any atom is 0.0540 e. The van der Waals surface area contributed by atoms with Crippen LogP contribution in [0.2, 0.25) is 0 Å². The lowest BCUT2D eigenvalue weighted by atomic mass is 9.87. The molecule has 0 spiro atoms. The number of aliphatic hydroxyl groups excluding tert-OH is 1. The summed E-state index contributed by atoms with van der Waals surface area (Å²) in [4.78, 5) is 0. The lowest BCUT2D eigenvalue weighted by Gasteiger charge is -2.29. The normalized spacial score (nSPS) is 47.4. The monoisotopic (exact) mass is 223 g/mol. The van der Waals surface area contributed by atoms with Gasteiger partial charge in [0.05, 0.1) is 6.10 Å². The van der Waals surface area contributed by atoms with Gasteiger partial charge in [0.1, 0.15) is 0 Å². The fourth-order valence-electron chi connectivity index (χ4n) is 4.16. The highest BCUT2D eigenvalue weighted by Crippen LogP contribution is 2.44. The van der Waals surface area contributed by atoms with Gasteiger partial charge in [-0.2, -0.15) is 0 Å². The van der Waals surface area contributed by atoms with E-state index >= 15 is 0 Å². The molecule has 3 atom stereocenters. The summed E-state index contributed by atoms with van der Waals surface area (Å²) < 4.78 is 0. The fraction of sp³-hybridized carbons (Fsp3) is 1.00. The Morgan fingerprint density at radius 2 is 1.75 bits per heavy atom. The Morgan fingerprint density at radius 3 is 2.38 bits per heavy atom. The van der Waals surface area contributed by atoms with Gasteiger partial charge in [-0.1, -0.05) is 6.42 Å². The quantitative estimate of drug-likeness (QED) is 0.769. The zero-order chi connectivity index (χ0) is 11.0. The smallest absolute Gasteiger partial charge is 0.0540 e. The number of aliphatic hydroxyl groups is 1. The third-order valence-electron chi connectivity index (χ3n) is 5.22. The van der Waals surface area contributed by atoms with Crippen molar-refractivity contribution in [2.45, 2.75) is 63.5 Å². The van der Waals surface area contributed by atoms with Crippen LogP contribution in [0.15, 0.2) is 0 Å². The van der Waals surface area contributed by atoms with E-state index in [0.717, 1.165) is 36.6 Å². The molecule has 92 valence electrons. The largest absolute Gasteiger partial charge is 0.393 e. The molecule has 0 aromatic heterocycles. The van der Waals surface area contributed by atoms with E-state index in [1.807, 2.05) is 0 Å². The topological polar surface area (TPSA) is 32.3 Å². The summed E-state index contributed by atoms with van der Waals surface area (Å²) in [7, 11) is 0. The number of fused-ring (bicyclic) bond motifs is 2. The standard InChI is InChI=1S/C14H25NO/c16-13-5-2-10(3-6-13)9-15-14-8-11-1-4-12(14)7-11/h10-16H,1-9H2. The lowest BCUT2D eigenvalue weighted by molar-refractivity contribution is 0.107. The van der Waals surface area contributed by atoms with E-state index in [2.05, 4.69) is 5.32 Å². The van der Waals surface area contributed by atoms with Crippen LogP contribution in [0.1, 0.15) is 51.4 Å². The number of rotatable bonds is 3. The highest BCUT2D eigenvalue weighted by molar-refractivity contribution is 4.94. The van der Waals surface area contributed by atoms with Crippen molar-refractivity contribution in [3.05, 3.63) is 0 Å². The average molecular weight is 223 g/mol. The van der Waals surface area contributed by atoms with E-state index in [-0.39, 0.29) is 6.10 Å². The summed E-state index contributed by atoms with van der Waals surface area (Å²) in [6.45, 7) is 1.21. The molecular weight excluding hydrogens is 198 g/mol. The Morgan fingerprint density at radius 1 is 0.938 bits per heavy atom. The van der Waals surface area contributed by atoms with Crippen LogP contribution < -0.4 is 5.32 Å². The van der Waals surface area contributed by atoms with Crippen molar-refractivity contribution in [2.24, 2.45) is 17.8 Å². The van der Waals surface area contributed by atoms with Crippen molar-refractivity contribution in [3.8, 4) is 0 Å². The van der Waals surface area contributed by atoms with E-state index in [0.29, 0.717) is 0 Å². The predicted octanol–water partition coefficient (Wildman–Crippen LogP) is 2.32. The van der Waals surface area contributed by atoms with Gasteiger partial charge in [0, 0.05) is 6.04 Å². The van der Waals surface area contributed by atoms with Crippen molar-refractivity contribution in [2.75, 3.05) is 6.54 Å². The van der Waals surface area contributed by atoms with Gasteiger partial charge in [0.2, 0.25) is 0 Å². The average Bonchev–Trinajstić information content (AvgIpc) is 2.90. The molecule has 3 unspecified atom stereocenters. The summed E-state index contributed by atoms with van der Waals surface area (Å²) >= 11 is 0. The second-order valence-corrected chi connectivity index (χ2v) is 6.36. The molecule has 0 aromatic carbocycles. The van der Waals surface area contributed by atoms with Crippen LogP contribution in [0, 0.1) is 17.8 Å². The van der Waals surface area contributed by atoms with Gasteiger partial charge < -0.3 is 10.4 Å². The van der Waals surface area contributed by atoms with Crippen LogP contribution >= 0.6 is 0 Å². The molecule has 3 rings (SSSR count). The van der Waals surface area contributed by atoms with Crippen LogP contribution in [0.4, 0.5) is 0 Å². The minimum atomic E-state index is -0.00116. The first-order chi connectivity index (χ1) is 7.81. The van der Waals surface area contributed by atoms with Crippen LogP contribution in [-0.4, -0.2) is 23.8 Å². The molecule has 0 heterocycles. The highest BCUT2D eigenvalue weighted by atomic mass is 16.3. The summed E-state index contributed by atoms with van der Waals surface area (Å²) in [6, 6.07) is 0.839. The Kier molecular flexibility index (Phi) is 3.21. The minimum absolute atomic E-state index is 0.00116. The zero-order valence-electron chi connectivity index (χ0n) is 10.2. The molecule has 2 bridgehead atoms. The molecule has 3 aliphatic carbocycles. The molecular formula is C14H25NO. The fourth-order valence-corrected chi connectivity index (χ4v) is 4.16. The lowest BCUT2D eigenvalue weighted by Crippen LogP contribution is -2.38. The molecule has 3 aliphatic rings. The van der Waals surface area contributed by atoms with Gasteiger partial charge in [-0.25, -0.2) is 0 Å². The Balaban J connectivity index is 1.40. The molecule has 0 saturated heterocycles. The maximum atomic E-state index is 9.47. The van der Waals surface area contributed by atoms with Crippen molar-refractivity contribution in [3.63, 3.8) is 0 Å². The highest BCUT2D eigenvalue weighted by Gasteiger charge is 2.39. The summed E-state index contributed by atoms with van der Waals surface area (Å²) in [6.07, 6.45) is 10.4. The van der Waals surface area contributed by atoms with Gasteiger partial charge in [0.15, 0.2) is 0 Å². The van der Waals surface area contributed by atoms with E-state index in [1.54, 1.807) is 0 Å². The number of hydrogen-bond acceptors (Lipinski definition) is 2. The first-order valence-corrected chi connectivity index (χ1v) is 7.22. The van der Waals surface area contributed by atoms with E-state index in [4.69, 9.17) is 0 Å². The third-order valence-corrected chi connectivity index (χ3v) is 5.22. The number of hydrogen-bond donors (Lipinski definition) is 2. The first-order valence-electron chi connectivity index (χ1n) is 7.22. The molecule has 16 heavy (non-hydrogen) atoms. The van der Waals surface area contributed by atoms with Crippen LogP contribution in [0.3, 0.4) is 0 Å². The van der Waals surface area contributed by atoms with Crippen molar-refractivity contribution < 1.29 is 5.11 Å². The van der Waals surface area contributed by atoms with Gasteiger partial charge >= 0.3 is 0 Å². The van der Waals surface area contributed by atoms with Crippen molar-refractivity contribution >= 4 is 0 Å². The van der Waals surface area contributed by atoms with Crippen LogP contribution in [0.5, 0.6) is 0 Å². The van der Waals surface area contributed by atoms with Crippen LogP contribution in [-0.2, 0) is 0 Å². The van der Waals surface area contributed by atoms with Crippen LogP contribution in [0.25, 0.3) is 0 Å². The Bertz CT molecular complexity index is 235. The van der Waals surface area contributed by atoms with Gasteiger partial charge in [-0.05, 0) is 69.2 Å². The molecule has 2 heteroatoms. The van der Waals surface area contributed by atoms with E-state index < -0.39 is 0 Å². The molecule has 3 fully saturated rings. The zero-order valence-corrected chi connectivity index (χ0v) is 10.2. The van der Waals surface area contributed by atoms with Gasteiger partial charge in [-0.15, -0.1) is 0 Å². The second-order valence-electron chi connectivity index (χ2n) is 6.36. The van der Waals surface area contributed by atoms with Crippen molar-refractivity contribution in [1.82, 2.24) is 5.32 Å². The molecule has 2 N–H and O–H groups in total. The molecule has 0 aromatic rings. The van der Waals surface area contributed by atoms with Gasteiger partial charge in [0.25, 0.3) is 0 Å². The van der Waals surface area contributed by atoms with E-state index in [9.17, 15) is 5.11 Å². The van der Waals surface area contributed by atoms with Gasteiger partial charge in [-0.3, -0.25) is 0 Å². The molecule has 2 nitrogen and oxygen atoms in total. The molecule has 0 radical (unpaired) electrons. The predicted molar refractivity (Wildman–Crippen MR) is 65.2 cm³/mol. The number of nitrogens with one attached hydrogen (secondary N) is 1.